The van der Waals surface area contributed by atoms with Gasteiger partial charge in [0.1, 0.15) is 8.07 Å². The second kappa shape index (κ2) is 8.36. The summed E-state index contributed by atoms with van der Waals surface area (Å²) in [5.74, 6) is 3.10. The number of benzene rings is 1. The normalized spacial score (nSPS) is 13.1. The average Bonchev–Trinajstić information content (AvgIpc) is 3.07. The van der Waals surface area contributed by atoms with Crippen LogP contribution in [-0.2, 0) is 10.0 Å². The molecule has 3 nitrogen and oxygen atoms in total. The summed E-state index contributed by atoms with van der Waals surface area (Å²) in [4.78, 5) is 1.21. The van der Waals surface area contributed by atoms with E-state index in [9.17, 15) is 8.42 Å². The molecule has 1 aromatic heterocycles. The summed E-state index contributed by atoms with van der Waals surface area (Å²) in [6.45, 7) is 12.4. The Kier molecular flexibility index (Phi) is 6.64. The van der Waals surface area contributed by atoms with Crippen molar-refractivity contribution in [2.75, 3.05) is 6.54 Å². The van der Waals surface area contributed by atoms with Gasteiger partial charge in [-0.25, -0.2) is 8.42 Å². The molecule has 0 unspecified atom stereocenters. The molecule has 0 bridgehead atoms. The van der Waals surface area contributed by atoms with Crippen molar-refractivity contribution in [3.8, 4) is 11.5 Å². The molecular weight excluding hydrogens is 378 g/mol. The van der Waals surface area contributed by atoms with E-state index in [2.05, 4.69) is 37.7 Å². The van der Waals surface area contributed by atoms with E-state index in [1.807, 2.05) is 36.6 Å². The Balaban J connectivity index is 2.49. The first-order valence-electron chi connectivity index (χ1n) is 8.39. The molecule has 0 aliphatic heterocycles. The van der Waals surface area contributed by atoms with Crippen LogP contribution in [0.5, 0.6) is 0 Å². The van der Waals surface area contributed by atoms with Crippen molar-refractivity contribution in [3.05, 3.63) is 64.9 Å². The van der Waals surface area contributed by atoms with Crippen LogP contribution in [0.2, 0.25) is 19.6 Å². The maximum Gasteiger partial charge on any atom is 0.244 e. The minimum absolute atomic E-state index is 0.148. The van der Waals surface area contributed by atoms with Gasteiger partial charge in [-0.1, -0.05) is 55.4 Å². The van der Waals surface area contributed by atoms with Crippen LogP contribution in [0.3, 0.4) is 0 Å². The van der Waals surface area contributed by atoms with E-state index in [1.54, 1.807) is 18.2 Å². The summed E-state index contributed by atoms with van der Waals surface area (Å²) in [7, 11) is -5.28. The highest BCUT2D eigenvalue weighted by molar-refractivity contribution is 7.89. The number of thiophene rings is 1. The van der Waals surface area contributed by atoms with E-state index in [0.29, 0.717) is 0 Å². The first kappa shape index (κ1) is 20.7. The number of hydrogen-bond donors (Lipinski definition) is 0. The van der Waals surface area contributed by atoms with Gasteiger partial charge < -0.3 is 0 Å². The standard InChI is InChI=1S/C20H25NO2S2Si/c1-6-19(20-9-7-15-24-20)21(14-8-16-26(3,4)5)25(22,23)18-12-10-17(2)11-13-18/h6-7,9-13,15,19H,1,14H2,2-5H3/t19-/m0/s1. The quantitative estimate of drug-likeness (QED) is 0.392. The zero-order valence-electron chi connectivity index (χ0n) is 15.7. The van der Waals surface area contributed by atoms with Crippen molar-refractivity contribution >= 4 is 29.4 Å². The van der Waals surface area contributed by atoms with Gasteiger partial charge in [0, 0.05) is 4.88 Å². The Bertz CT molecular complexity index is 899. The van der Waals surface area contributed by atoms with Gasteiger partial charge >= 0.3 is 0 Å². The third-order valence-electron chi connectivity index (χ3n) is 3.69. The summed E-state index contributed by atoms with van der Waals surface area (Å²) in [6, 6.07) is 10.3. The van der Waals surface area contributed by atoms with Crippen LogP contribution in [0, 0.1) is 18.4 Å². The van der Waals surface area contributed by atoms with Gasteiger partial charge in [0.15, 0.2) is 0 Å². The fourth-order valence-electron chi connectivity index (χ4n) is 2.40. The first-order chi connectivity index (χ1) is 12.1. The molecule has 138 valence electrons. The molecule has 0 saturated carbocycles. The van der Waals surface area contributed by atoms with Crippen LogP contribution in [0.4, 0.5) is 0 Å². The van der Waals surface area contributed by atoms with Gasteiger partial charge in [0.2, 0.25) is 10.0 Å². The molecule has 0 fully saturated rings. The van der Waals surface area contributed by atoms with E-state index < -0.39 is 24.1 Å². The minimum Gasteiger partial charge on any atom is -0.207 e. The molecule has 2 rings (SSSR count). The Morgan fingerprint density at radius 1 is 1.23 bits per heavy atom. The van der Waals surface area contributed by atoms with Gasteiger partial charge in [-0.3, -0.25) is 0 Å². The maximum absolute atomic E-state index is 13.3. The topological polar surface area (TPSA) is 37.4 Å². The monoisotopic (exact) mass is 403 g/mol. The molecule has 0 spiro atoms. The van der Waals surface area contributed by atoms with Crippen molar-refractivity contribution in [3.63, 3.8) is 0 Å². The Morgan fingerprint density at radius 3 is 2.38 bits per heavy atom. The fourth-order valence-corrected chi connectivity index (χ4v) is 5.39. The third kappa shape index (κ3) is 5.18. The predicted octanol–water partition coefficient (Wildman–Crippen LogP) is 4.86. The van der Waals surface area contributed by atoms with E-state index in [-0.39, 0.29) is 11.4 Å². The molecule has 0 aliphatic carbocycles. The Labute approximate surface area is 162 Å². The zero-order valence-corrected chi connectivity index (χ0v) is 18.3. The van der Waals surface area contributed by atoms with Crippen LogP contribution in [-0.4, -0.2) is 27.3 Å². The van der Waals surface area contributed by atoms with Gasteiger partial charge in [-0.15, -0.1) is 23.5 Å². The van der Waals surface area contributed by atoms with Gasteiger partial charge in [0.05, 0.1) is 17.5 Å². The number of nitrogens with zero attached hydrogens (tertiary/aromatic N) is 1. The van der Waals surface area contributed by atoms with Crippen molar-refractivity contribution in [1.82, 2.24) is 4.31 Å². The smallest absolute Gasteiger partial charge is 0.207 e. The van der Waals surface area contributed by atoms with Crippen LogP contribution >= 0.6 is 11.3 Å². The van der Waals surface area contributed by atoms with Crippen LogP contribution in [0.25, 0.3) is 0 Å². The van der Waals surface area contributed by atoms with Crippen molar-refractivity contribution in [2.45, 2.75) is 37.5 Å². The molecule has 0 amide bonds. The molecule has 0 saturated heterocycles. The summed E-state index contributed by atoms with van der Waals surface area (Å²) in [5.41, 5.74) is 4.28. The molecule has 1 aromatic carbocycles. The average molecular weight is 404 g/mol. The lowest BCUT2D eigenvalue weighted by Crippen LogP contribution is -2.34. The highest BCUT2D eigenvalue weighted by Gasteiger charge is 2.31. The molecule has 2 aromatic rings. The second-order valence-electron chi connectivity index (χ2n) is 7.11. The number of hydrogen-bond acceptors (Lipinski definition) is 3. The fraction of sp³-hybridized carbons (Fsp3) is 0.300. The highest BCUT2D eigenvalue weighted by Crippen LogP contribution is 2.31. The third-order valence-corrected chi connectivity index (χ3v) is 7.41. The summed E-state index contributed by atoms with van der Waals surface area (Å²) < 4.78 is 28.1. The SMILES string of the molecule is C=C[C@@H](c1cccs1)N(CC#C[Si](C)(C)C)S(=O)(=O)c1ccc(C)cc1. The lowest BCUT2D eigenvalue weighted by Gasteiger charge is -2.26. The highest BCUT2D eigenvalue weighted by atomic mass is 32.2. The minimum atomic E-state index is -3.69. The predicted molar refractivity (Wildman–Crippen MR) is 113 cm³/mol. The van der Waals surface area contributed by atoms with Crippen LogP contribution in [0.15, 0.2) is 59.3 Å². The lowest BCUT2D eigenvalue weighted by atomic mass is 10.2. The van der Waals surface area contributed by atoms with E-state index >= 15 is 0 Å². The van der Waals surface area contributed by atoms with E-state index in [0.717, 1.165) is 10.4 Å². The summed E-state index contributed by atoms with van der Waals surface area (Å²) in [6.07, 6.45) is 1.67. The second-order valence-corrected chi connectivity index (χ2v) is 14.7. The van der Waals surface area contributed by atoms with Crippen LogP contribution < -0.4 is 0 Å². The molecule has 1 heterocycles. The molecule has 0 aliphatic rings. The van der Waals surface area contributed by atoms with Crippen molar-refractivity contribution in [2.24, 2.45) is 0 Å². The van der Waals surface area contributed by atoms with Gasteiger partial charge in [0.25, 0.3) is 0 Å². The Morgan fingerprint density at radius 2 is 1.88 bits per heavy atom. The van der Waals surface area contributed by atoms with Gasteiger partial charge in [-0.05, 0) is 30.5 Å². The first-order valence-corrected chi connectivity index (χ1v) is 14.2. The molecule has 26 heavy (non-hydrogen) atoms. The van der Waals surface area contributed by atoms with Crippen LogP contribution in [0.1, 0.15) is 16.5 Å². The maximum atomic E-state index is 13.3. The number of aryl methyl sites for hydroxylation is 1. The van der Waals surface area contributed by atoms with E-state index in [1.165, 1.54) is 15.6 Å². The molecule has 1 atom stereocenters. The Hall–Kier alpha value is -1.65. The zero-order chi connectivity index (χ0) is 19.4. The van der Waals surface area contributed by atoms with E-state index in [4.69, 9.17) is 0 Å². The molecular formula is C20H25NO2S2Si. The number of rotatable bonds is 6. The van der Waals surface area contributed by atoms with Gasteiger partial charge in [-0.2, -0.15) is 4.31 Å². The van der Waals surface area contributed by atoms with Crippen molar-refractivity contribution < 1.29 is 8.42 Å². The summed E-state index contributed by atoms with van der Waals surface area (Å²) in [5, 5.41) is 1.94. The molecule has 0 N–H and O–H groups in total. The molecule has 6 heteroatoms. The van der Waals surface area contributed by atoms with Crippen molar-refractivity contribution in [1.29, 1.82) is 0 Å². The molecule has 0 radical (unpaired) electrons. The largest absolute Gasteiger partial charge is 0.244 e. The lowest BCUT2D eigenvalue weighted by molar-refractivity contribution is 0.406. The summed E-state index contributed by atoms with van der Waals surface area (Å²) >= 11 is 1.52. The number of sulfonamides is 1.